The molecule has 0 fully saturated rings. The zero-order valence-corrected chi connectivity index (χ0v) is 9.35. The van der Waals surface area contributed by atoms with Crippen molar-refractivity contribution in [2.24, 2.45) is 0 Å². The van der Waals surface area contributed by atoms with Gasteiger partial charge in [-0.05, 0) is 24.1 Å². The number of hydrogen-bond donors (Lipinski definition) is 2. The lowest BCUT2D eigenvalue weighted by Gasteiger charge is -2.04. The Labute approximate surface area is 98.5 Å². The van der Waals surface area contributed by atoms with Crippen LogP contribution in [-0.2, 0) is 11.3 Å². The number of rotatable bonds is 5. The Balaban J connectivity index is 1.92. The van der Waals surface area contributed by atoms with E-state index in [1.807, 2.05) is 18.2 Å². The standard InChI is InChI=1S/C12H14N2O3/c15-5-1-2-12(16)13-7-9-3-4-10-11(6-9)17-8-14-10/h3-4,6,8,15H,1-2,5,7H2,(H,13,16). The van der Waals surface area contributed by atoms with E-state index in [1.165, 1.54) is 6.39 Å². The van der Waals surface area contributed by atoms with Crippen molar-refractivity contribution in [2.45, 2.75) is 19.4 Å². The number of benzene rings is 1. The van der Waals surface area contributed by atoms with Gasteiger partial charge in [0, 0.05) is 19.6 Å². The first-order valence-electron chi connectivity index (χ1n) is 5.49. The predicted octanol–water partition coefficient (Wildman–Crippen LogP) is 1.22. The minimum atomic E-state index is -0.0586. The monoisotopic (exact) mass is 234 g/mol. The Morgan fingerprint density at radius 3 is 3.18 bits per heavy atom. The molecule has 0 radical (unpaired) electrons. The fourth-order valence-electron chi connectivity index (χ4n) is 1.54. The summed E-state index contributed by atoms with van der Waals surface area (Å²) in [5.41, 5.74) is 2.49. The zero-order valence-electron chi connectivity index (χ0n) is 9.35. The van der Waals surface area contributed by atoms with Crippen LogP contribution in [-0.4, -0.2) is 22.6 Å². The molecule has 0 bridgehead atoms. The third-order valence-electron chi connectivity index (χ3n) is 2.45. The molecule has 5 nitrogen and oxygen atoms in total. The quantitative estimate of drug-likeness (QED) is 0.815. The van der Waals surface area contributed by atoms with Crippen LogP contribution in [0.25, 0.3) is 11.1 Å². The van der Waals surface area contributed by atoms with Gasteiger partial charge in [-0.2, -0.15) is 0 Å². The highest BCUT2D eigenvalue weighted by Crippen LogP contribution is 2.13. The van der Waals surface area contributed by atoms with Crippen molar-refractivity contribution in [1.29, 1.82) is 0 Å². The molecule has 1 heterocycles. The number of aromatic nitrogens is 1. The van der Waals surface area contributed by atoms with Crippen molar-refractivity contribution in [1.82, 2.24) is 10.3 Å². The highest BCUT2D eigenvalue weighted by molar-refractivity contribution is 5.76. The van der Waals surface area contributed by atoms with Gasteiger partial charge >= 0.3 is 0 Å². The van der Waals surface area contributed by atoms with Crippen molar-refractivity contribution in [2.75, 3.05) is 6.61 Å². The average molecular weight is 234 g/mol. The number of carbonyl (C=O) groups is 1. The van der Waals surface area contributed by atoms with Crippen LogP contribution < -0.4 is 5.32 Å². The van der Waals surface area contributed by atoms with E-state index in [1.54, 1.807) is 0 Å². The Morgan fingerprint density at radius 2 is 2.35 bits per heavy atom. The summed E-state index contributed by atoms with van der Waals surface area (Å²) in [4.78, 5) is 15.3. The number of carbonyl (C=O) groups excluding carboxylic acids is 1. The maximum Gasteiger partial charge on any atom is 0.220 e. The van der Waals surface area contributed by atoms with Crippen LogP contribution in [0.3, 0.4) is 0 Å². The van der Waals surface area contributed by atoms with E-state index in [2.05, 4.69) is 10.3 Å². The summed E-state index contributed by atoms with van der Waals surface area (Å²) in [5, 5.41) is 11.4. The van der Waals surface area contributed by atoms with Gasteiger partial charge in [0.1, 0.15) is 5.52 Å². The van der Waals surface area contributed by atoms with Crippen molar-refractivity contribution >= 4 is 17.0 Å². The molecule has 2 aromatic rings. The Morgan fingerprint density at radius 1 is 1.47 bits per heavy atom. The number of nitrogens with zero attached hydrogens (tertiary/aromatic N) is 1. The number of oxazole rings is 1. The second-order valence-electron chi connectivity index (χ2n) is 3.76. The van der Waals surface area contributed by atoms with Crippen LogP contribution in [0.4, 0.5) is 0 Å². The van der Waals surface area contributed by atoms with Crippen LogP contribution in [0, 0.1) is 0 Å². The Bertz CT molecular complexity index is 507. The van der Waals surface area contributed by atoms with Gasteiger partial charge in [-0.25, -0.2) is 4.98 Å². The topological polar surface area (TPSA) is 75.4 Å². The molecule has 5 heteroatoms. The van der Waals surface area contributed by atoms with Crippen LogP contribution in [0.2, 0.25) is 0 Å². The molecule has 1 amide bonds. The first kappa shape index (κ1) is 11.6. The van der Waals surface area contributed by atoms with Gasteiger partial charge in [-0.1, -0.05) is 6.07 Å². The number of hydrogen-bond acceptors (Lipinski definition) is 4. The molecule has 0 atom stereocenters. The third-order valence-corrected chi connectivity index (χ3v) is 2.45. The Hall–Kier alpha value is -1.88. The summed E-state index contributed by atoms with van der Waals surface area (Å²) >= 11 is 0. The smallest absolute Gasteiger partial charge is 0.220 e. The summed E-state index contributed by atoms with van der Waals surface area (Å²) in [5.74, 6) is -0.0586. The SMILES string of the molecule is O=C(CCCO)NCc1ccc2ncoc2c1. The lowest BCUT2D eigenvalue weighted by atomic mass is 10.2. The number of amides is 1. The molecule has 0 aliphatic heterocycles. The van der Waals surface area contributed by atoms with E-state index in [-0.39, 0.29) is 12.5 Å². The molecule has 1 aromatic carbocycles. The van der Waals surface area contributed by atoms with E-state index >= 15 is 0 Å². The molecule has 1 aromatic heterocycles. The van der Waals surface area contributed by atoms with E-state index in [0.717, 1.165) is 11.1 Å². The first-order valence-corrected chi connectivity index (χ1v) is 5.49. The molecular formula is C12H14N2O3. The molecule has 2 rings (SSSR count). The number of aliphatic hydroxyl groups is 1. The van der Waals surface area contributed by atoms with Gasteiger partial charge in [-0.15, -0.1) is 0 Å². The average Bonchev–Trinajstić information content (AvgIpc) is 2.81. The largest absolute Gasteiger partial charge is 0.443 e. The molecule has 0 saturated heterocycles. The highest BCUT2D eigenvalue weighted by Gasteiger charge is 2.03. The van der Waals surface area contributed by atoms with Gasteiger partial charge < -0.3 is 14.8 Å². The maximum absolute atomic E-state index is 11.3. The summed E-state index contributed by atoms with van der Waals surface area (Å²) in [6.07, 6.45) is 2.24. The van der Waals surface area contributed by atoms with Crippen molar-refractivity contribution in [3.63, 3.8) is 0 Å². The minimum Gasteiger partial charge on any atom is -0.443 e. The zero-order chi connectivity index (χ0) is 12.1. The van der Waals surface area contributed by atoms with Crippen LogP contribution in [0.15, 0.2) is 29.0 Å². The lowest BCUT2D eigenvalue weighted by molar-refractivity contribution is -0.121. The van der Waals surface area contributed by atoms with Crippen molar-refractivity contribution in [3.8, 4) is 0 Å². The van der Waals surface area contributed by atoms with Gasteiger partial charge in [0.2, 0.25) is 5.91 Å². The molecule has 0 aliphatic rings. The van der Waals surface area contributed by atoms with Crippen molar-refractivity contribution < 1.29 is 14.3 Å². The second-order valence-corrected chi connectivity index (χ2v) is 3.76. The van der Waals surface area contributed by atoms with E-state index < -0.39 is 0 Å². The van der Waals surface area contributed by atoms with Crippen LogP contribution in [0.1, 0.15) is 18.4 Å². The Kier molecular flexibility index (Phi) is 3.72. The highest BCUT2D eigenvalue weighted by atomic mass is 16.3. The molecule has 2 N–H and O–H groups in total. The predicted molar refractivity (Wildman–Crippen MR) is 62.2 cm³/mol. The van der Waals surface area contributed by atoms with Crippen molar-refractivity contribution in [3.05, 3.63) is 30.2 Å². The number of aliphatic hydroxyl groups excluding tert-OH is 1. The number of fused-ring (bicyclic) bond motifs is 1. The maximum atomic E-state index is 11.3. The van der Waals surface area contributed by atoms with Gasteiger partial charge in [0.15, 0.2) is 12.0 Å². The van der Waals surface area contributed by atoms with Gasteiger partial charge in [0.25, 0.3) is 0 Å². The fourth-order valence-corrected chi connectivity index (χ4v) is 1.54. The molecule has 90 valence electrons. The summed E-state index contributed by atoms with van der Waals surface area (Å²) in [7, 11) is 0. The second kappa shape index (κ2) is 5.45. The fraction of sp³-hybridized carbons (Fsp3) is 0.333. The molecular weight excluding hydrogens is 220 g/mol. The summed E-state index contributed by atoms with van der Waals surface area (Å²) in [6, 6.07) is 5.61. The van der Waals surface area contributed by atoms with E-state index in [4.69, 9.17) is 9.52 Å². The molecule has 17 heavy (non-hydrogen) atoms. The normalized spacial score (nSPS) is 10.6. The molecule has 0 spiro atoms. The molecule has 0 unspecified atom stereocenters. The third kappa shape index (κ3) is 3.04. The van der Waals surface area contributed by atoms with Gasteiger partial charge in [-0.3, -0.25) is 4.79 Å². The van der Waals surface area contributed by atoms with Crippen LogP contribution in [0.5, 0.6) is 0 Å². The molecule has 0 saturated carbocycles. The first-order chi connectivity index (χ1) is 8.29. The lowest BCUT2D eigenvalue weighted by Crippen LogP contribution is -2.22. The van der Waals surface area contributed by atoms with E-state index in [9.17, 15) is 4.79 Å². The minimum absolute atomic E-state index is 0.0391. The number of nitrogens with one attached hydrogen (secondary N) is 1. The summed E-state index contributed by atoms with van der Waals surface area (Å²) in [6.45, 7) is 0.498. The van der Waals surface area contributed by atoms with Gasteiger partial charge in [0.05, 0.1) is 0 Å². The molecule has 0 aliphatic carbocycles. The van der Waals surface area contributed by atoms with Crippen LogP contribution >= 0.6 is 0 Å². The van der Waals surface area contributed by atoms with E-state index in [0.29, 0.717) is 25.0 Å². The summed E-state index contributed by atoms with van der Waals surface area (Å²) < 4.78 is 5.17.